The van der Waals surface area contributed by atoms with E-state index in [1.165, 1.54) is 11.3 Å². The quantitative estimate of drug-likeness (QED) is 0.671. The van der Waals surface area contributed by atoms with Crippen LogP contribution in [0.15, 0.2) is 42.7 Å². The maximum atomic E-state index is 11.9. The summed E-state index contributed by atoms with van der Waals surface area (Å²) in [5.74, 6) is 0.777. The number of aryl methyl sites for hydroxylation is 1. The number of pyridine rings is 1. The van der Waals surface area contributed by atoms with Gasteiger partial charge in [0.1, 0.15) is 5.75 Å². The highest BCUT2D eigenvalue weighted by Crippen LogP contribution is 2.27. The van der Waals surface area contributed by atoms with E-state index in [0.717, 1.165) is 21.5 Å². The van der Waals surface area contributed by atoms with Gasteiger partial charge in [0, 0.05) is 18.9 Å². The molecule has 2 aromatic heterocycles. The van der Waals surface area contributed by atoms with E-state index in [1.54, 1.807) is 24.5 Å². The number of ether oxygens (including phenoxy) is 1. The summed E-state index contributed by atoms with van der Waals surface area (Å²) in [6.45, 7) is 3.07. The summed E-state index contributed by atoms with van der Waals surface area (Å²) in [6, 6.07) is 9.34. The molecular formula is C17H18N4O2S. The van der Waals surface area contributed by atoms with Crippen LogP contribution in [0, 0.1) is 6.92 Å². The summed E-state index contributed by atoms with van der Waals surface area (Å²) in [4.78, 5) is 20.3. The molecule has 0 saturated heterocycles. The number of hydrogen-bond donors (Lipinski definition) is 2. The Morgan fingerprint density at radius 1 is 1.25 bits per heavy atom. The number of hydrogen-bond acceptors (Lipinski definition) is 5. The van der Waals surface area contributed by atoms with Crippen LogP contribution in [0.4, 0.5) is 9.93 Å². The van der Waals surface area contributed by atoms with Crippen molar-refractivity contribution >= 4 is 32.7 Å². The molecule has 0 atom stereocenters. The van der Waals surface area contributed by atoms with E-state index < -0.39 is 0 Å². The smallest absolute Gasteiger partial charge is 0.321 e. The third kappa shape index (κ3) is 4.20. The van der Waals surface area contributed by atoms with Crippen LogP contribution in [0.1, 0.15) is 12.0 Å². The highest BCUT2D eigenvalue weighted by Gasteiger charge is 2.08. The number of benzene rings is 1. The van der Waals surface area contributed by atoms with Gasteiger partial charge in [0.15, 0.2) is 5.13 Å². The monoisotopic (exact) mass is 342 g/mol. The summed E-state index contributed by atoms with van der Waals surface area (Å²) in [6.07, 6.45) is 4.08. The van der Waals surface area contributed by atoms with Crippen molar-refractivity contribution in [2.24, 2.45) is 0 Å². The fourth-order valence-electron chi connectivity index (χ4n) is 2.18. The summed E-state index contributed by atoms with van der Waals surface area (Å²) in [7, 11) is 0. The third-order valence-electron chi connectivity index (χ3n) is 3.37. The fraction of sp³-hybridized carbons (Fsp3) is 0.235. The molecule has 0 spiro atoms. The molecule has 0 fully saturated rings. The van der Waals surface area contributed by atoms with Crippen LogP contribution >= 0.6 is 11.3 Å². The van der Waals surface area contributed by atoms with E-state index >= 15 is 0 Å². The van der Waals surface area contributed by atoms with Gasteiger partial charge in [-0.2, -0.15) is 0 Å². The zero-order chi connectivity index (χ0) is 16.8. The van der Waals surface area contributed by atoms with Gasteiger partial charge in [-0.1, -0.05) is 23.5 Å². The van der Waals surface area contributed by atoms with Crippen LogP contribution in [0.3, 0.4) is 0 Å². The first-order valence-electron chi connectivity index (χ1n) is 7.66. The van der Waals surface area contributed by atoms with Crippen LogP contribution < -0.4 is 15.4 Å². The molecule has 6 nitrogen and oxygen atoms in total. The van der Waals surface area contributed by atoms with Crippen molar-refractivity contribution in [2.75, 3.05) is 18.5 Å². The minimum absolute atomic E-state index is 0.254. The molecule has 1 aromatic carbocycles. The second kappa shape index (κ2) is 7.74. The van der Waals surface area contributed by atoms with Crippen LogP contribution in [0.5, 0.6) is 5.75 Å². The Kier molecular flexibility index (Phi) is 5.22. The van der Waals surface area contributed by atoms with Gasteiger partial charge < -0.3 is 10.1 Å². The maximum absolute atomic E-state index is 11.9. The largest absolute Gasteiger partial charge is 0.493 e. The Labute approximate surface area is 143 Å². The number of fused-ring (bicyclic) bond motifs is 1. The lowest BCUT2D eigenvalue weighted by Crippen LogP contribution is -2.30. The lowest BCUT2D eigenvalue weighted by atomic mass is 10.2. The molecule has 2 amide bonds. The van der Waals surface area contributed by atoms with Gasteiger partial charge in [-0.3, -0.25) is 10.3 Å². The van der Waals surface area contributed by atoms with Gasteiger partial charge in [-0.25, -0.2) is 9.78 Å². The molecule has 7 heteroatoms. The molecule has 0 aliphatic heterocycles. The van der Waals surface area contributed by atoms with Crippen molar-refractivity contribution in [3.63, 3.8) is 0 Å². The predicted octanol–water partition coefficient (Wildman–Crippen LogP) is 3.59. The second-order valence-corrected chi connectivity index (χ2v) is 6.24. The summed E-state index contributed by atoms with van der Waals surface area (Å²) >= 11 is 1.47. The van der Waals surface area contributed by atoms with Gasteiger partial charge >= 0.3 is 6.03 Å². The van der Waals surface area contributed by atoms with Crippen molar-refractivity contribution in [1.82, 2.24) is 15.3 Å². The molecule has 0 aliphatic carbocycles. The molecule has 0 saturated carbocycles. The number of nitrogens with zero attached hydrogens (tertiary/aromatic N) is 2. The van der Waals surface area contributed by atoms with E-state index in [0.29, 0.717) is 24.7 Å². The number of amides is 2. The second-order valence-electron chi connectivity index (χ2n) is 5.21. The number of anilines is 1. The minimum atomic E-state index is -0.254. The Balaban J connectivity index is 1.41. The standard InChI is InChI=1S/C17H18N4O2S/c1-12-4-2-5-14-15(12)20-17(24-14)21-16(22)19-8-3-11-23-13-6-9-18-10-7-13/h2,4-7,9-10H,3,8,11H2,1H3,(H2,19,20,21,22). The molecule has 2 N–H and O–H groups in total. The first-order valence-corrected chi connectivity index (χ1v) is 8.48. The Morgan fingerprint density at radius 2 is 2.08 bits per heavy atom. The molecule has 2 heterocycles. The average Bonchev–Trinajstić information content (AvgIpc) is 2.99. The normalized spacial score (nSPS) is 10.5. The molecule has 3 aromatic rings. The number of nitrogens with one attached hydrogen (secondary N) is 2. The molecule has 0 aliphatic rings. The number of aromatic nitrogens is 2. The molecule has 24 heavy (non-hydrogen) atoms. The number of thiazole rings is 1. The Bertz CT molecular complexity index is 820. The van der Waals surface area contributed by atoms with Crippen LogP contribution in [0.2, 0.25) is 0 Å². The number of carbonyl (C=O) groups excluding carboxylic acids is 1. The molecule has 3 rings (SSSR count). The minimum Gasteiger partial charge on any atom is -0.493 e. The topological polar surface area (TPSA) is 76.1 Å². The van der Waals surface area contributed by atoms with Crippen LogP contribution in [-0.2, 0) is 0 Å². The maximum Gasteiger partial charge on any atom is 0.321 e. The van der Waals surface area contributed by atoms with E-state index in [1.807, 2.05) is 25.1 Å². The van der Waals surface area contributed by atoms with Crippen molar-refractivity contribution in [1.29, 1.82) is 0 Å². The van der Waals surface area contributed by atoms with E-state index in [4.69, 9.17) is 4.74 Å². The molecule has 124 valence electrons. The Hall–Kier alpha value is -2.67. The summed E-state index contributed by atoms with van der Waals surface area (Å²) in [5.41, 5.74) is 2.04. The first-order chi connectivity index (χ1) is 11.7. The van der Waals surface area contributed by atoms with Crippen LogP contribution in [-0.4, -0.2) is 29.2 Å². The lowest BCUT2D eigenvalue weighted by Gasteiger charge is -2.07. The highest BCUT2D eigenvalue weighted by molar-refractivity contribution is 7.22. The van der Waals surface area contributed by atoms with Crippen LogP contribution in [0.25, 0.3) is 10.2 Å². The first kappa shape index (κ1) is 16.2. The zero-order valence-corrected chi connectivity index (χ0v) is 14.1. The molecule has 0 unspecified atom stereocenters. The number of carbonyl (C=O) groups is 1. The molecular weight excluding hydrogens is 324 g/mol. The average molecular weight is 342 g/mol. The van der Waals surface area contributed by atoms with Gasteiger partial charge in [0.25, 0.3) is 0 Å². The predicted molar refractivity (Wildman–Crippen MR) is 95.7 cm³/mol. The number of rotatable bonds is 6. The van der Waals surface area contributed by atoms with E-state index in [2.05, 4.69) is 20.6 Å². The number of urea groups is 1. The molecule has 0 radical (unpaired) electrons. The lowest BCUT2D eigenvalue weighted by molar-refractivity contribution is 0.250. The summed E-state index contributed by atoms with van der Waals surface area (Å²) < 4.78 is 6.60. The van der Waals surface area contributed by atoms with Gasteiger partial charge in [-0.15, -0.1) is 0 Å². The van der Waals surface area contributed by atoms with Gasteiger partial charge in [0.2, 0.25) is 0 Å². The van der Waals surface area contributed by atoms with Crippen molar-refractivity contribution in [3.05, 3.63) is 48.3 Å². The van der Waals surface area contributed by atoms with E-state index in [-0.39, 0.29) is 6.03 Å². The van der Waals surface area contributed by atoms with Crippen molar-refractivity contribution < 1.29 is 9.53 Å². The summed E-state index contributed by atoms with van der Waals surface area (Å²) in [5, 5.41) is 6.18. The zero-order valence-electron chi connectivity index (χ0n) is 13.3. The molecule has 0 bridgehead atoms. The van der Waals surface area contributed by atoms with Gasteiger partial charge in [0.05, 0.1) is 16.8 Å². The van der Waals surface area contributed by atoms with E-state index in [9.17, 15) is 4.79 Å². The van der Waals surface area contributed by atoms with Crippen molar-refractivity contribution in [2.45, 2.75) is 13.3 Å². The van der Waals surface area contributed by atoms with Crippen molar-refractivity contribution in [3.8, 4) is 5.75 Å². The highest BCUT2D eigenvalue weighted by atomic mass is 32.1. The number of para-hydroxylation sites is 1. The fourth-order valence-corrected chi connectivity index (χ4v) is 3.12. The Morgan fingerprint density at radius 3 is 2.88 bits per heavy atom. The SMILES string of the molecule is Cc1cccc2sc(NC(=O)NCCCOc3ccncc3)nc12. The van der Waals surface area contributed by atoms with Gasteiger partial charge in [-0.05, 0) is 37.1 Å². The third-order valence-corrected chi connectivity index (χ3v) is 4.30.